The summed E-state index contributed by atoms with van der Waals surface area (Å²) in [5.41, 5.74) is 2.53. The van der Waals surface area contributed by atoms with Gasteiger partial charge in [-0.05, 0) is 31.0 Å². The number of H-pyrrole nitrogens is 1. The summed E-state index contributed by atoms with van der Waals surface area (Å²) < 4.78 is 5.18. The number of carbonyl (C=O) groups is 2. The molecule has 1 aromatic carbocycles. The minimum atomic E-state index is -0.439. The van der Waals surface area contributed by atoms with Crippen LogP contribution in [0.15, 0.2) is 36.5 Å². The highest BCUT2D eigenvalue weighted by molar-refractivity contribution is 7.14. The SMILES string of the molecule is CCc1sc(C(=O)OCC(=O)c2c[nH]c3ccccc23)cc1C. The first kappa shape index (κ1) is 15.5. The van der Waals surface area contributed by atoms with E-state index >= 15 is 0 Å². The molecule has 0 bridgehead atoms. The van der Waals surface area contributed by atoms with Crippen molar-refractivity contribution in [2.24, 2.45) is 0 Å². The van der Waals surface area contributed by atoms with Gasteiger partial charge in [-0.15, -0.1) is 11.3 Å². The Morgan fingerprint density at radius 3 is 2.78 bits per heavy atom. The lowest BCUT2D eigenvalue weighted by Crippen LogP contribution is -2.13. The lowest BCUT2D eigenvalue weighted by Gasteiger charge is -2.02. The van der Waals surface area contributed by atoms with E-state index in [4.69, 9.17) is 4.74 Å². The fourth-order valence-corrected chi connectivity index (χ4v) is 3.56. The first-order chi connectivity index (χ1) is 11.1. The van der Waals surface area contributed by atoms with E-state index < -0.39 is 5.97 Å². The standard InChI is InChI=1S/C18H17NO3S/c1-3-16-11(2)8-17(23-16)18(21)22-10-15(20)13-9-19-14-7-5-4-6-12(13)14/h4-9,19H,3,10H2,1-2H3. The number of rotatable bonds is 5. The van der Waals surface area contributed by atoms with Gasteiger partial charge < -0.3 is 9.72 Å². The van der Waals surface area contributed by atoms with Gasteiger partial charge in [0.25, 0.3) is 0 Å². The van der Waals surface area contributed by atoms with Crippen LogP contribution >= 0.6 is 11.3 Å². The summed E-state index contributed by atoms with van der Waals surface area (Å²) in [5, 5.41) is 0.841. The Morgan fingerprint density at radius 1 is 1.26 bits per heavy atom. The molecule has 1 N–H and O–H groups in total. The topological polar surface area (TPSA) is 59.2 Å². The van der Waals surface area contributed by atoms with Crippen LogP contribution < -0.4 is 0 Å². The van der Waals surface area contributed by atoms with E-state index in [1.165, 1.54) is 16.2 Å². The van der Waals surface area contributed by atoms with Crippen molar-refractivity contribution in [2.75, 3.05) is 6.61 Å². The maximum absolute atomic E-state index is 12.3. The van der Waals surface area contributed by atoms with E-state index in [0.29, 0.717) is 10.4 Å². The Labute approximate surface area is 138 Å². The van der Waals surface area contributed by atoms with Crippen molar-refractivity contribution in [1.29, 1.82) is 0 Å². The number of aromatic nitrogens is 1. The van der Waals surface area contributed by atoms with Crippen LogP contribution in [0.1, 0.15) is 37.4 Å². The Bertz CT molecular complexity index is 875. The minimum Gasteiger partial charge on any atom is -0.453 e. The van der Waals surface area contributed by atoms with Gasteiger partial charge in [0.05, 0.1) is 0 Å². The van der Waals surface area contributed by atoms with Crippen LogP contribution in [-0.2, 0) is 11.2 Å². The van der Waals surface area contributed by atoms with Crippen LogP contribution in [0.3, 0.4) is 0 Å². The second kappa shape index (κ2) is 6.38. The number of nitrogens with one attached hydrogen (secondary N) is 1. The minimum absolute atomic E-state index is 0.209. The average Bonchev–Trinajstić information content (AvgIpc) is 3.15. The van der Waals surface area contributed by atoms with Gasteiger partial charge in [0.2, 0.25) is 5.78 Å². The molecule has 0 fully saturated rings. The van der Waals surface area contributed by atoms with Gasteiger partial charge in [0, 0.05) is 27.5 Å². The molecule has 5 heteroatoms. The quantitative estimate of drug-likeness (QED) is 0.566. The van der Waals surface area contributed by atoms with Crippen molar-refractivity contribution in [3.8, 4) is 0 Å². The zero-order valence-electron chi connectivity index (χ0n) is 13.0. The third-order valence-electron chi connectivity index (χ3n) is 3.77. The lowest BCUT2D eigenvalue weighted by atomic mass is 10.1. The van der Waals surface area contributed by atoms with Gasteiger partial charge in [-0.1, -0.05) is 25.1 Å². The molecule has 0 unspecified atom stereocenters. The molecule has 0 spiro atoms. The largest absolute Gasteiger partial charge is 0.453 e. The van der Waals surface area contributed by atoms with Crippen LogP contribution in [0.25, 0.3) is 10.9 Å². The van der Waals surface area contributed by atoms with Gasteiger partial charge in [-0.25, -0.2) is 4.79 Å². The van der Waals surface area contributed by atoms with E-state index in [9.17, 15) is 9.59 Å². The van der Waals surface area contributed by atoms with Crippen molar-refractivity contribution in [2.45, 2.75) is 20.3 Å². The number of carbonyl (C=O) groups excluding carboxylic acids is 2. The molecule has 0 saturated carbocycles. The van der Waals surface area contributed by atoms with E-state index in [-0.39, 0.29) is 12.4 Å². The fourth-order valence-electron chi connectivity index (χ4n) is 2.55. The summed E-state index contributed by atoms with van der Waals surface area (Å²) in [5.74, 6) is -0.647. The summed E-state index contributed by atoms with van der Waals surface area (Å²) in [6.07, 6.45) is 2.55. The highest BCUT2D eigenvalue weighted by Crippen LogP contribution is 2.23. The number of benzene rings is 1. The molecular formula is C18H17NO3S. The Morgan fingerprint density at radius 2 is 2.04 bits per heavy atom. The number of ketones is 1. The Kier molecular flexibility index (Phi) is 4.30. The number of para-hydroxylation sites is 1. The zero-order chi connectivity index (χ0) is 16.4. The highest BCUT2D eigenvalue weighted by atomic mass is 32.1. The number of hydrogen-bond acceptors (Lipinski definition) is 4. The van der Waals surface area contributed by atoms with Crippen LogP contribution in [0.4, 0.5) is 0 Å². The summed E-state index contributed by atoms with van der Waals surface area (Å²) >= 11 is 1.43. The molecular weight excluding hydrogens is 310 g/mol. The summed E-state index contributed by atoms with van der Waals surface area (Å²) in [7, 11) is 0. The number of aromatic amines is 1. The third kappa shape index (κ3) is 3.05. The zero-order valence-corrected chi connectivity index (χ0v) is 13.8. The van der Waals surface area contributed by atoms with Gasteiger partial charge in [-0.2, -0.15) is 0 Å². The number of Topliss-reactive ketones (excluding diaryl/α,β-unsaturated/α-hetero) is 1. The Balaban J connectivity index is 1.70. The molecule has 3 aromatic rings. The van der Waals surface area contributed by atoms with Gasteiger partial charge in [0.1, 0.15) is 4.88 Å². The van der Waals surface area contributed by atoms with Crippen LogP contribution in [0.2, 0.25) is 0 Å². The molecule has 3 rings (SSSR count). The van der Waals surface area contributed by atoms with Crippen LogP contribution in [0, 0.1) is 6.92 Å². The Hall–Kier alpha value is -2.40. The second-order valence-corrected chi connectivity index (χ2v) is 6.45. The van der Waals surface area contributed by atoms with Gasteiger partial charge in [0.15, 0.2) is 6.61 Å². The van der Waals surface area contributed by atoms with Crippen LogP contribution in [0.5, 0.6) is 0 Å². The first-order valence-electron chi connectivity index (χ1n) is 7.46. The number of esters is 1. The van der Waals surface area contributed by atoms with Crippen molar-refractivity contribution in [3.05, 3.63) is 57.4 Å². The molecule has 0 amide bonds. The van der Waals surface area contributed by atoms with Crippen molar-refractivity contribution in [3.63, 3.8) is 0 Å². The number of hydrogen-bond donors (Lipinski definition) is 1. The predicted octanol–water partition coefficient (Wildman–Crippen LogP) is 4.14. The summed E-state index contributed by atoms with van der Waals surface area (Å²) in [6.45, 7) is 3.77. The first-order valence-corrected chi connectivity index (χ1v) is 8.27. The molecule has 0 atom stereocenters. The van der Waals surface area contributed by atoms with E-state index in [1.807, 2.05) is 37.3 Å². The lowest BCUT2D eigenvalue weighted by molar-refractivity contribution is 0.0480. The van der Waals surface area contributed by atoms with E-state index in [0.717, 1.165) is 22.9 Å². The molecule has 0 aliphatic carbocycles. The number of aryl methyl sites for hydroxylation is 2. The maximum Gasteiger partial charge on any atom is 0.348 e. The molecule has 0 radical (unpaired) electrons. The summed E-state index contributed by atoms with van der Waals surface area (Å²) in [6, 6.07) is 9.37. The van der Waals surface area contributed by atoms with Gasteiger partial charge in [-0.3, -0.25) is 4.79 Å². The fraction of sp³-hybridized carbons (Fsp3) is 0.222. The number of fused-ring (bicyclic) bond motifs is 1. The highest BCUT2D eigenvalue weighted by Gasteiger charge is 2.17. The van der Waals surface area contributed by atoms with Crippen LogP contribution in [-0.4, -0.2) is 23.3 Å². The monoisotopic (exact) mass is 327 g/mol. The van der Waals surface area contributed by atoms with E-state index in [2.05, 4.69) is 11.9 Å². The average molecular weight is 327 g/mol. The number of ether oxygens (including phenoxy) is 1. The summed E-state index contributed by atoms with van der Waals surface area (Å²) in [4.78, 5) is 29.1. The third-order valence-corrected chi connectivity index (χ3v) is 5.13. The van der Waals surface area contributed by atoms with Crippen molar-refractivity contribution in [1.82, 2.24) is 4.98 Å². The predicted molar refractivity (Wildman–Crippen MR) is 91.3 cm³/mol. The van der Waals surface area contributed by atoms with E-state index in [1.54, 1.807) is 6.20 Å². The molecule has 2 aromatic heterocycles. The molecule has 2 heterocycles. The second-order valence-electron chi connectivity index (χ2n) is 5.32. The number of thiophene rings is 1. The van der Waals surface area contributed by atoms with Crippen molar-refractivity contribution >= 4 is 34.0 Å². The maximum atomic E-state index is 12.3. The molecule has 23 heavy (non-hydrogen) atoms. The molecule has 118 valence electrons. The smallest absolute Gasteiger partial charge is 0.348 e. The molecule has 0 aliphatic rings. The molecule has 0 aliphatic heterocycles. The van der Waals surface area contributed by atoms with Crippen molar-refractivity contribution < 1.29 is 14.3 Å². The normalized spacial score (nSPS) is 10.9. The molecule has 4 nitrogen and oxygen atoms in total. The van der Waals surface area contributed by atoms with Gasteiger partial charge >= 0.3 is 5.97 Å². The molecule has 0 saturated heterocycles.